The maximum Gasteiger partial charge on any atom is 0.261 e. The highest BCUT2D eigenvalue weighted by Crippen LogP contribution is 2.26. The number of phenolic OH excluding ortho intramolecular Hbond substituents is 1. The van der Waals surface area contributed by atoms with Crippen molar-refractivity contribution in [2.75, 3.05) is 13.2 Å². The fraction of sp³-hybridized carbons (Fsp3) is 0.333. The molecule has 0 unspecified atom stereocenters. The minimum absolute atomic E-state index is 0.0985. The molecule has 0 amide bonds. The van der Waals surface area contributed by atoms with Gasteiger partial charge in [0.2, 0.25) is 0 Å². The number of rotatable bonds is 6. The van der Waals surface area contributed by atoms with Crippen molar-refractivity contribution < 1.29 is 23.1 Å². The third-order valence-corrected chi connectivity index (χ3v) is 3.29. The molecule has 2 rings (SSSR count). The fourth-order valence-electron chi connectivity index (χ4n) is 1.45. The first-order chi connectivity index (χ1) is 9.56. The molecule has 1 N–H and O–H groups in total. The summed E-state index contributed by atoms with van der Waals surface area (Å²) in [4.78, 5) is 4.11. The maximum atomic E-state index is 11.9. The van der Waals surface area contributed by atoms with Crippen molar-refractivity contribution in [2.45, 2.75) is 12.8 Å². The van der Waals surface area contributed by atoms with E-state index in [1.807, 2.05) is 22.6 Å². The van der Waals surface area contributed by atoms with Crippen LogP contribution in [0.2, 0.25) is 0 Å². The summed E-state index contributed by atoms with van der Waals surface area (Å²) in [5, 5.41) is 13.3. The molecule has 1 aromatic heterocycles. The summed E-state index contributed by atoms with van der Waals surface area (Å²) in [5.41, 5.74) is 0.593. The van der Waals surface area contributed by atoms with E-state index in [-0.39, 0.29) is 24.7 Å². The average molecular weight is 396 g/mol. The SMILES string of the molecule is Oc1cc(-c2nc(CCOCC(F)F)no2)ccc1I. The number of aromatic hydroxyl groups is 1. The molecule has 0 aliphatic heterocycles. The Morgan fingerprint density at radius 3 is 2.90 bits per heavy atom. The van der Waals surface area contributed by atoms with Crippen molar-refractivity contribution in [3.63, 3.8) is 0 Å². The Balaban J connectivity index is 1.96. The van der Waals surface area contributed by atoms with Gasteiger partial charge in [0.25, 0.3) is 12.3 Å². The fourth-order valence-corrected chi connectivity index (χ4v) is 1.79. The second-order valence-electron chi connectivity index (χ2n) is 3.90. The topological polar surface area (TPSA) is 68.4 Å². The molecule has 0 saturated carbocycles. The monoisotopic (exact) mass is 396 g/mol. The Labute approximate surface area is 127 Å². The summed E-state index contributed by atoms with van der Waals surface area (Å²) < 4.78 is 34.2. The van der Waals surface area contributed by atoms with E-state index in [0.29, 0.717) is 15.0 Å². The zero-order valence-corrected chi connectivity index (χ0v) is 12.4. The third kappa shape index (κ3) is 4.10. The second kappa shape index (κ2) is 6.93. The Bertz CT molecular complexity index is 578. The molecule has 8 heteroatoms. The molecule has 0 aliphatic carbocycles. The minimum atomic E-state index is -2.48. The van der Waals surface area contributed by atoms with E-state index in [4.69, 9.17) is 9.26 Å². The predicted octanol–water partition coefficient (Wildman–Crippen LogP) is 2.87. The smallest absolute Gasteiger partial charge is 0.261 e. The summed E-state index contributed by atoms with van der Waals surface area (Å²) in [6, 6.07) is 4.99. The third-order valence-electron chi connectivity index (χ3n) is 2.38. The Kier molecular flexibility index (Phi) is 5.24. The lowest BCUT2D eigenvalue weighted by atomic mass is 10.2. The van der Waals surface area contributed by atoms with E-state index < -0.39 is 13.0 Å². The van der Waals surface area contributed by atoms with Crippen molar-refractivity contribution in [3.05, 3.63) is 27.6 Å². The molecule has 20 heavy (non-hydrogen) atoms. The van der Waals surface area contributed by atoms with E-state index >= 15 is 0 Å². The molecule has 0 radical (unpaired) electrons. The highest BCUT2D eigenvalue weighted by atomic mass is 127. The molecule has 1 aromatic carbocycles. The first kappa shape index (κ1) is 15.1. The van der Waals surface area contributed by atoms with E-state index in [1.54, 1.807) is 12.1 Å². The number of aromatic nitrogens is 2. The first-order valence-corrected chi connectivity index (χ1v) is 6.81. The molecule has 0 bridgehead atoms. The number of hydrogen-bond acceptors (Lipinski definition) is 5. The first-order valence-electron chi connectivity index (χ1n) is 5.73. The van der Waals surface area contributed by atoms with Gasteiger partial charge in [0.1, 0.15) is 12.4 Å². The van der Waals surface area contributed by atoms with E-state index in [1.165, 1.54) is 6.07 Å². The number of phenols is 1. The Morgan fingerprint density at radius 1 is 1.40 bits per heavy atom. The van der Waals surface area contributed by atoms with Gasteiger partial charge in [-0.3, -0.25) is 0 Å². The van der Waals surface area contributed by atoms with Gasteiger partial charge in [-0.05, 0) is 40.8 Å². The standard InChI is InChI=1S/C12H11F2IN2O3/c13-10(14)6-19-4-3-11-16-12(20-17-11)7-1-2-8(15)9(18)5-7/h1-2,5,10,18H,3-4,6H2. The van der Waals surface area contributed by atoms with Gasteiger partial charge < -0.3 is 14.4 Å². The van der Waals surface area contributed by atoms with Crippen molar-refractivity contribution in [1.82, 2.24) is 10.1 Å². The van der Waals surface area contributed by atoms with Crippen molar-refractivity contribution >= 4 is 22.6 Å². The highest BCUT2D eigenvalue weighted by Gasteiger charge is 2.11. The molecule has 0 saturated heterocycles. The van der Waals surface area contributed by atoms with Crippen LogP contribution in [0.1, 0.15) is 5.82 Å². The zero-order valence-electron chi connectivity index (χ0n) is 10.2. The molecule has 5 nitrogen and oxygen atoms in total. The van der Waals surface area contributed by atoms with Crippen LogP contribution in [0.15, 0.2) is 22.7 Å². The van der Waals surface area contributed by atoms with E-state index in [2.05, 4.69) is 10.1 Å². The highest BCUT2D eigenvalue weighted by molar-refractivity contribution is 14.1. The van der Waals surface area contributed by atoms with Gasteiger partial charge in [0.05, 0.1) is 10.2 Å². The number of ether oxygens (including phenoxy) is 1. The molecule has 0 aliphatic rings. The average Bonchev–Trinajstić information content (AvgIpc) is 2.86. The predicted molar refractivity (Wildman–Crippen MR) is 74.6 cm³/mol. The van der Waals surface area contributed by atoms with Crippen LogP contribution in [-0.2, 0) is 11.2 Å². The van der Waals surface area contributed by atoms with Crippen LogP contribution in [0.25, 0.3) is 11.5 Å². The van der Waals surface area contributed by atoms with Crippen LogP contribution in [0, 0.1) is 3.57 Å². The maximum absolute atomic E-state index is 11.9. The number of benzene rings is 1. The number of alkyl halides is 2. The summed E-state index contributed by atoms with van der Waals surface area (Å²) in [6.45, 7) is -0.503. The van der Waals surface area contributed by atoms with Crippen molar-refractivity contribution in [2.24, 2.45) is 0 Å². The normalized spacial score (nSPS) is 11.2. The zero-order chi connectivity index (χ0) is 14.5. The number of nitrogens with zero attached hydrogens (tertiary/aromatic N) is 2. The van der Waals surface area contributed by atoms with Gasteiger partial charge in [0, 0.05) is 12.0 Å². The van der Waals surface area contributed by atoms with Gasteiger partial charge in [-0.15, -0.1) is 0 Å². The van der Waals surface area contributed by atoms with Gasteiger partial charge in [-0.1, -0.05) is 5.16 Å². The van der Waals surface area contributed by atoms with Crippen LogP contribution >= 0.6 is 22.6 Å². The van der Waals surface area contributed by atoms with Crippen LogP contribution in [-0.4, -0.2) is 34.9 Å². The summed E-state index contributed by atoms with van der Waals surface area (Å²) in [7, 11) is 0. The number of halogens is 3. The molecule has 108 valence electrons. The largest absolute Gasteiger partial charge is 0.507 e. The van der Waals surface area contributed by atoms with Crippen LogP contribution < -0.4 is 0 Å². The Morgan fingerprint density at radius 2 is 2.20 bits per heavy atom. The lowest BCUT2D eigenvalue weighted by Gasteiger charge is -2.00. The molecular weight excluding hydrogens is 385 g/mol. The molecule has 0 spiro atoms. The summed E-state index contributed by atoms with van der Waals surface area (Å²) >= 11 is 2.00. The lowest BCUT2D eigenvalue weighted by molar-refractivity contribution is 0.0182. The summed E-state index contributed by atoms with van der Waals surface area (Å²) in [6.07, 6.45) is -2.20. The van der Waals surface area contributed by atoms with Gasteiger partial charge in [-0.2, -0.15) is 4.98 Å². The molecular formula is C12H11F2IN2O3. The molecule has 2 aromatic rings. The van der Waals surface area contributed by atoms with Gasteiger partial charge in [0.15, 0.2) is 5.82 Å². The van der Waals surface area contributed by atoms with Crippen LogP contribution in [0.5, 0.6) is 5.75 Å². The minimum Gasteiger partial charge on any atom is -0.507 e. The molecule has 0 atom stereocenters. The quantitative estimate of drug-likeness (QED) is 0.601. The van der Waals surface area contributed by atoms with E-state index in [0.717, 1.165) is 0 Å². The summed E-state index contributed by atoms with van der Waals surface area (Å²) in [5.74, 6) is 0.760. The van der Waals surface area contributed by atoms with Gasteiger partial charge >= 0.3 is 0 Å². The Hall–Kier alpha value is -1.29. The van der Waals surface area contributed by atoms with Crippen LogP contribution in [0.3, 0.4) is 0 Å². The lowest BCUT2D eigenvalue weighted by Crippen LogP contribution is -2.07. The molecule has 0 fully saturated rings. The number of hydrogen-bond donors (Lipinski definition) is 1. The van der Waals surface area contributed by atoms with Crippen molar-refractivity contribution in [3.8, 4) is 17.2 Å². The van der Waals surface area contributed by atoms with Crippen molar-refractivity contribution in [1.29, 1.82) is 0 Å². The molecule has 1 heterocycles. The van der Waals surface area contributed by atoms with E-state index in [9.17, 15) is 13.9 Å². The van der Waals surface area contributed by atoms with Crippen LogP contribution in [0.4, 0.5) is 8.78 Å². The van der Waals surface area contributed by atoms with Gasteiger partial charge in [-0.25, -0.2) is 8.78 Å². The second-order valence-corrected chi connectivity index (χ2v) is 5.06.